The number of nitrogens with one attached hydrogen (secondary N) is 1. The lowest BCUT2D eigenvalue weighted by Crippen LogP contribution is -2.52. The summed E-state index contributed by atoms with van der Waals surface area (Å²) in [6.45, 7) is 4.23. The van der Waals surface area contributed by atoms with Crippen molar-refractivity contribution in [2.75, 3.05) is 6.54 Å². The van der Waals surface area contributed by atoms with Gasteiger partial charge in [-0.25, -0.2) is 4.39 Å². The first kappa shape index (κ1) is 8.94. The average molecular weight is 160 g/mol. The number of nitrogens with two attached hydrogens (primary N) is 1. The lowest BCUT2D eigenvalue weighted by atomic mass is 9.91. The van der Waals surface area contributed by atoms with E-state index in [1.165, 1.54) is 0 Å². The third kappa shape index (κ3) is 1.71. The topological polar surface area (TPSA) is 38.0 Å². The summed E-state index contributed by atoms with van der Waals surface area (Å²) in [5.41, 5.74) is 4.28. The Morgan fingerprint density at radius 1 is 1.73 bits per heavy atom. The van der Waals surface area contributed by atoms with Crippen molar-refractivity contribution in [2.24, 2.45) is 5.73 Å². The molecule has 2 nitrogen and oxygen atoms in total. The minimum Gasteiger partial charge on any atom is -0.325 e. The Hall–Kier alpha value is -0.150. The van der Waals surface area contributed by atoms with Crippen LogP contribution in [0.2, 0.25) is 0 Å². The normalized spacial score (nSPS) is 33.3. The number of hydrogen-bond donors (Lipinski definition) is 2. The van der Waals surface area contributed by atoms with Gasteiger partial charge in [0, 0.05) is 12.1 Å². The van der Waals surface area contributed by atoms with E-state index in [2.05, 4.69) is 5.32 Å². The SMILES string of the molecule is CC(N)C(C)(F)C1CCCN1. The standard InChI is InChI=1S/C8H17FN2/c1-6(10)8(2,9)7-4-3-5-11-7/h6-7,11H,3-5,10H2,1-2H3. The third-order valence-corrected chi connectivity index (χ3v) is 2.63. The second-order valence-electron chi connectivity index (χ2n) is 3.59. The van der Waals surface area contributed by atoms with Gasteiger partial charge in [-0.2, -0.15) is 0 Å². The lowest BCUT2D eigenvalue weighted by Gasteiger charge is -2.30. The van der Waals surface area contributed by atoms with E-state index in [0.717, 1.165) is 19.4 Å². The van der Waals surface area contributed by atoms with Crippen molar-refractivity contribution in [3.05, 3.63) is 0 Å². The van der Waals surface area contributed by atoms with Crippen molar-refractivity contribution in [3.63, 3.8) is 0 Å². The molecule has 0 aromatic rings. The molecule has 0 aromatic carbocycles. The first-order chi connectivity index (χ1) is 5.05. The van der Waals surface area contributed by atoms with Gasteiger partial charge in [-0.1, -0.05) is 0 Å². The fourth-order valence-electron chi connectivity index (χ4n) is 1.48. The van der Waals surface area contributed by atoms with Gasteiger partial charge >= 0.3 is 0 Å². The molecule has 0 aliphatic carbocycles. The minimum atomic E-state index is -1.25. The van der Waals surface area contributed by atoms with Crippen molar-refractivity contribution in [3.8, 4) is 0 Å². The van der Waals surface area contributed by atoms with E-state index in [9.17, 15) is 4.39 Å². The molecule has 3 atom stereocenters. The van der Waals surface area contributed by atoms with Crippen molar-refractivity contribution >= 4 is 0 Å². The molecule has 1 aliphatic rings. The van der Waals surface area contributed by atoms with Crippen molar-refractivity contribution < 1.29 is 4.39 Å². The Labute approximate surface area is 67.3 Å². The van der Waals surface area contributed by atoms with Gasteiger partial charge in [0.25, 0.3) is 0 Å². The highest BCUT2D eigenvalue weighted by Crippen LogP contribution is 2.25. The van der Waals surface area contributed by atoms with Gasteiger partial charge in [0.05, 0.1) is 0 Å². The van der Waals surface area contributed by atoms with E-state index in [4.69, 9.17) is 5.73 Å². The molecule has 3 N–H and O–H groups in total. The fourth-order valence-corrected chi connectivity index (χ4v) is 1.48. The van der Waals surface area contributed by atoms with Gasteiger partial charge in [-0.3, -0.25) is 0 Å². The average Bonchev–Trinajstić information content (AvgIpc) is 2.37. The molecule has 0 bridgehead atoms. The van der Waals surface area contributed by atoms with Crippen molar-refractivity contribution in [1.29, 1.82) is 0 Å². The summed E-state index contributed by atoms with van der Waals surface area (Å²) in [4.78, 5) is 0. The molecule has 3 unspecified atom stereocenters. The van der Waals surface area contributed by atoms with Crippen molar-refractivity contribution in [1.82, 2.24) is 5.32 Å². The number of rotatable bonds is 2. The summed E-state index contributed by atoms with van der Waals surface area (Å²) in [6, 6.07) is -0.430. The van der Waals surface area contributed by atoms with Crippen LogP contribution < -0.4 is 11.1 Å². The van der Waals surface area contributed by atoms with Crippen LogP contribution in [0.4, 0.5) is 4.39 Å². The number of hydrogen-bond acceptors (Lipinski definition) is 2. The van der Waals surface area contributed by atoms with E-state index in [1.807, 2.05) is 0 Å². The fraction of sp³-hybridized carbons (Fsp3) is 1.00. The van der Waals surface area contributed by atoms with Gasteiger partial charge in [0.15, 0.2) is 0 Å². The van der Waals surface area contributed by atoms with Gasteiger partial charge < -0.3 is 11.1 Å². The zero-order chi connectivity index (χ0) is 8.48. The molecule has 66 valence electrons. The maximum absolute atomic E-state index is 13.7. The smallest absolute Gasteiger partial charge is 0.138 e. The van der Waals surface area contributed by atoms with Crippen LogP contribution in [0, 0.1) is 0 Å². The van der Waals surface area contributed by atoms with E-state index >= 15 is 0 Å². The summed E-state index contributed by atoms with van der Waals surface area (Å²) < 4.78 is 13.7. The molecule has 3 heteroatoms. The maximum Gasteiger partial charge on any atom is 0.138 e. The highest BCUT2D eigenvalue weighted by Gasteiger charge is 2.38. The Balaban J connectivity index is 2.55. The van der Waals surface area contributed by atoms with E-state index in [0.29, 0.717) is 0 Å². The van der Waals surface area contributed by atoms with Gasteiger partial charge in [0.2, 0.25) is 0 Å². The van der Waals surface area contributed by atoms with Crippen LogP contribution in [0.1, 0.15) is 26.7 Å². The van der Waals surface area contributed by atoms with Crippen LogP contribution in [-0.2, 0) is 0 Å². The first-order valence-corrected chi connectivity index (χ1v) is 4.23. The first-order valence-electron chi connectivity index (χ1n) is 4.23. The highest BCUT2D eigenvalue weighted by molar-refractivity contribution is 4.96. The largest absolute Gasteiger partial charge is 0.325 e. The molecule has 0 saturated carbocycles. The molecule has 0 amide bonds. The van der Waals surface area contributed by atoms with Crippen LogP contribution in [0.25, 0.3) is 0 Å². The predicted octanol–water partition coefficient (Wildman–Crippen LogP) is 0.814. The molecule has 1 rings (SSSR count). The van der Waals surface area contributed by atoms with Gasteiger partial charge in [0.1, 0.15) is 5.67 Å². The molecular weight excluding hydrogens is 143 g/mol. The Morgan fingerprint density at radius 3 is 2.73 bits per heavy atom. The Morgan fingerprint density at radius 2 is 2.36 bits per heavy atom. The van der Waals surface area contributed by atoms with E-state index < -0.39 is 11.7 Å². The molecule has 11 heavy (non-hydrogen) atoms. The summed E-state index contributed by atoms with van der Waals surface area (Å²) in [5, 5.41) is 3.12. The molecule has 0 aromatic heterocycles. The van der Waals surface area contributed by atoms with Crippen molar-refractivity contribution in [2.45, 2.75) is 44.4 Å². The number of halogens is 1. The second-order valence-corrected chi connectivity index (χ2v) is 3.59. The van der Waals surface area contributed by atoms with Gasteiger partial charge in [-0.05, 0) is 33.2 Å². The highest BCUT2D eigenvalue weighted by atomic mass is 19.1. The summed E-state index contributed by atoms with van der Waals surface area (Å²) in [6.07, 6.45) is 1.98. The molecule has 1 aliphatic heterocycles. The van der Waals surface area contributed by atoms with Crippen LogP contribution >= 0.6 is 0 Å². The maximum atomic E-state index is 13.7. The Bertz CT molecular complexity index is 128. The summed E-state index contributed by atoms with van der Waals surface area (Å²) in [7, 11) is 0. The molecule has 0 radical (unpaired) electrons. The van der Waals surface area contributed by atoms with Gasteiger partial charge in [-0.15, -0.1) is 0 Å². The Kier molecular flexibility index (Phi) is 2.50. The zero-order valence-electron chi connectivity index (χ0n) is 7.23. The molecule has 1 heterocycles. The third-order valence-electron chi connectivity index (χ3n) is 2.63. The molecular formula is C8H17FN2. The summed E-state index contributed by atoms with van der Waals surface area (Å²) in [5.74, 6) is 0. The van der Waals surface area contributed by atoms with Crippen LogP contribution in [0.5, 0.6) is 0 Å². The molecule has 1 fully saturated rings. The molecule has 0 spiro atoms. The minimum absolute atomic E-state index is 0.0394. The van der Waals surface area contributed by atoms with Crippen LogP contribution in [0.3, 0.4) is 0 Å². The zero-order valence-corrected chi connectivity index (χ0v) is 7.23. The second kappa shape index (κ2) is 3.07. The quantitative estimate of drug-likeness (QED) is 0.627. The monoisotopic (exact) mass is 160 g/mol. The number of alkyl halides is 1. The van der Waals surface area contributed by atoms with E-state index in [1.54, 1.807) is 13.8 Å². The molecule has 1 saturated heterocycles. The van der Waals surface area contributed by atoms with Crippen LogP contribution in [-0.4, -0.2) is 24.3 Å². The van der Waals surface area contributed by atoms with Crippen LogP contribution in [0.15, 0.2) is 0 Å². The predicted molar refractivity (Wildman–Crippen MR) is 44.2 cm³/mol. The van der Waals surface area contributed by atoms with E-state index in [-0.39, 0.29) is 6.04 Å². The lowest BCUT2D eigenvalue weighted by molar-refractivity contribution is 0.110. The summed E-state index contributed by atoms with van der Waals surface area (Å²) >= 11 is 0.